The molecule has 0 radical (unpaired) electrons. The Balaban J connectivity index is 0.927. The van der Waals surface area contributed by atoms with Crippen molar-refractivity contribution in [1.29, 1.82) is 0 Å². The molecule has 0 spiro atoms. The number of nitrogens with zero attached hydrogens (tertiary/aromatic N) is 2. The zero-order valence-corrected chi connectivity index (χ0v) is 32.0. The van der Waals surface area contributed by atoms with Crippen molar-refractivity contribution < 1.29 is 0 Å². The van der Waals surface area contributed by atoms with Crippen molar-refractivity contribution in [2.45, 2.75) is 0 Å². The molecule has 2 unspecified atom stereocenters. The summed E-state index contributed by atoms with van der Waals surface area (Å²) in [6.07, 6.45) is 14.3. The molecule has 2 atom stereocenters. The Morgan fingerprint density at radius 2 is 0.931 bits per heavy atom. The van der Waals surface area contributed by atoms with Gasteiger partial charge in [0.05, 0.1) is 11.0 Å². The zero-order valence-electron chi connectivity index (χ0n) is 32.0. The van der Waals surface area contributed by atoms with Crippen LogP contribution < -0.4 is 4.90 Å². The Morgan fingerprint density at radius 3 is 1.60 bits per heavy atom. The van der Waals surface area contributed by atoms with Gasteiger partial charge in [0.2, 0.25) is 0 Å². The van der Waals surface area contributed by atoms with Gasteiger partial charge in [0.25, 0.3) is 0 Å². The molecular formula is C56H40N2. The molecule has 0 aliphatic heterocycles. The van der Waals surface area contributed by atoms with E-state index in [9.17, 15) is 0 Å². The fourth-order valence-electron chi connectivity index (χ4n) is 9.00. The topological polar surface area (TPSA) is 8.17 Å². The van der Waals surface area contributed by atoms with Crippen molar-refractivity contribution in [3.05, 3.63) is 242 Å². The molecule has 0 amide bonds. The van der Waals surface area contributed by atoms with E-state index >= 15 is 0 Å². The second kappa shape index (κ2) is 14.3. The molecule has 9 aromatic rings. The number of hydrogen-bond acceptors (Lipinski definition) is 1. The summed E-state index contributed by atoms with van der Waals surface area (Å²) in [5, 5.41) is 5.07. The lowest BCUT2D eigenvalue weighted by molar-refractivity contribution is 0.655. The predicted molar refractivity (Wildman–Crippen MR) is 246 cm³/mol. The highest BCUT2D eigenvalue weighted by atomic mass is 15.1. The number of allylic oxidation sites excluding steroid dienone is 7. The van der Waals surface area contributed by atoms with Gasteiger partial charge in [-0.3, -0.25) is 0 Å². The fourth-order valence-corrected chi connectivity index (χ4v) is 9.00. The quantitative estimate of drug-likeness (QED) is 0.158. The Kier molecular flexibility index (Phi) is 8.33. The highest BCUT2D eigenvalue weighted by molar-refractivity contribution is 6.18. The molecule has 2 heteroatoms. The zero-order chi connectivity index (χ0) is 38.4. The first-order valence-corrected chi connectivity index (χ1v) is 20.2. The van der Waals surface area contributed by atoms with Gasteiger partial charge in [0, 0.05) is 50.8 Å². The van der Waals surface area contributed by atoms with Crippen LogP contribution in [-0.4, -0.2) is 4.57 Å². The van der Waals surface area contributed by atoms with Crippen molar-refractivity contribution >= 4 is 49.5 Å². The van der Waals surface area contributed by atoms with E-state index in [1.165, 1.54) is 77.4 Å². The highest BCUT2D eigenvalue weighted by Crippen LogP contribution is 2.41. The van der Waals surface area contributed by atoms with Gasteiger partial charge in [-0.15, -0.1) is 0 Å². The van der Waals surface area contributed by atoms with E-state index in [4.69, 9.17) is 0 Å². The first-order valence-electron chi connectivity index (χ1n) is 20.2. The molecular weight excluding hydrogens is 701 g/mol. The molecule has 0 bridgehead atoms. The fraction of sp³-hybridized carbons (Fsp3) is 0.0357. The lowest BCUT2D eigenvalue weighted by Gasteiger charge is -2.32. The van der Waals surface area contributed by atoms with E-state index in [0.29, 0.717) is 0 Å². The molecule has 58 heavy (non-hydrogen) atoms. The Bertz CT molecular complexity index is 2990. The van der Waals surface area contributed by atoms with Gasteiger partial charge in [-0.1, -0.05) is 176 Å². The van der Waals surface area contributed by atoms with Gasteiger partial charge < -0.3 is 9.47 Å². The number of aromatic nitrogens is 1. The minimum atomic E-state index is 0.250. The molecule has 0 fully saturated rings. The van der Waals surface area contributed by atoms with Crippen molar-refractivity contribution in [3.63, 3.8) is 0 Å². The van der Waals surface area contributed by atoms with Gasteiger partial charge in [0.1, 0.15) is 0 Å². The maximum atomic E-state index is 2.45. The number of hydrogen-bond donors (Lipinski definition) is 0. The van der Waals surface area contributed by atoms with Crippen molar-refractivity contribution in [2.24, 2.45) is 11.8 Å². The summed E-state index contributed by atoms with van der Waals surface area (Å²) < 4.78 is 2.42. The Labute approximate surface area is 339 Å². The SMILES string of the molecule is C1=CC2C=C(N(c3ccc(-c4ccccc4)cc3)c3ccc(-c4ccccc4)cc3)C=CC2C=C1c1ccc2c(ccc3c4ccccc4n(-c4ccccc4)c23)c1. The van der Waals surface area contributed by atoms with Crippen LogP contribution in [0.4, 0.5) is 11.4 Å². The average Bonchev–Trinajstić information content (AvgIpc) is 3.65. The van der Waals surface area contributed by atoms with Gasteiger partial charge in [-0.2, -0.15) is 0 Å². The molecule has 11 rings (SSSR count). The van der Waals surface area contributed by atoms with Gasteiger partial charge in [-0.05, 0) is 93.4 Å². The summed E-state index contributed by atoms with van der Waals surface area (Å²) >= 11 is 0. The van der Waals surface area contributed by atoms with E-state index < -0.39 is 0 Å². The summed E-state index contributed by atoms with van der Waals surface area (Å²) in [7, 11) is 0. The number of fused-ring (bicyclic) bond motifs is 6. The number of benzene rings is 8. The number of anilines is 2. The van der Waals surface area contributed by atoms with E-state index in [1.807, 2.05) is 0 Å². The lowest BCUT2D eigenvalue weighted by atomic mass is 9.80. The van der Waals surface area contributed by atoms with Gasteiger partial charge >= 0.3 is 0 Å². The third-order valence-corrected chi connectivity index (χ3v) is 11.9. The summed E-state index contributed by atoms with van der Waals surface area (Å²) in [5.74, 6) is 0.519. The third-order valence-electron chi connectivity index (χ3n) is 11.9. The largest absolute Gasteiger partial charge is 0.311 e. The molecule has 1 heterocycles. The van der Waals surface area contributed by atoms with Crippen LogP contribution in [0.2, 0.25) is 0 Å². The molecule has 2 aliphatic rings. The molecule has 0 N–H and O–H groups in total. The predicted octanol–water partition coefficient (Wildman–Crippen LogP) is 14.7. The van der Waals surface area contributed by atoms with Crippen molar-refractivity contribution in [1.82, 2.24) is 4.57 Å². The van der Waals surface area contributed by atoms with E-state index in [1.54, 1.807) is 0 Å². The standard InChI is InChI=1S/C56H40N2/c1-4-12-39(13-5-1)41-22-29-49(30-23-41)57(50-31-24-42(25-32-50)40-14-6-2-7-15-40)51-33-26-44-36-43(20-21-46(44)38-51)45-27-34-52-47(37-45)28-35-54-53-18-10-11-19-55(53)58(56(52)54)48-16-8-3-9-17-48/h1-38,44,46H. The van der Waals surface area contributed by atoms with Crippen molar-refractivity contribution in [2.75, 3.05) is 4.90 Å². The monoisotopic (exact) mass is 740 g/mol. The van der Waals surface area contributed by atoms with Crippen LogP contribution in [0.1, 0.15) is 5.56 Å². The molecule has 2 nitrogen and oxygen atoms in total. The molecule has 0 saturated carbocycles. The number of para-hydroxylation sites is 2. The van der Waals surface area contributed by atoms with Crippen LogP contribution in [0.15, 0.2) is 236 Å². The molecule has 274 valence electrons. The number of rotatable bonds is 7. The minimum Gasteiger partial charge on any atom is -0.311 e. The summed E-state index contributed by atoms with van der Waals surface area (Å²) in [6, 6.07) is 70.2. The van der Waals surface area contributed by atoms with E-state index in [-0.39, 0.29) is 11.8 Å². The maximum Gasteiger partial charge on any atom is 0.0619 e. The van der Waals surface area contributed by atoms with Crippen LogP contribution in [-0.2, 0) is 0 Å². The Hall–Kier alpha value is -7.42. The third kappa shape index (κ3) is 5.98. The molecule has 8 aromatic carbocycles. The normalized spacial score (nSPS) is 16.0. The summed E-state index contributed by atoms with van der Waals surface area (Å²) in [4.78, 5) is 2.39. The summed E-state index contributed by atoms with van der Waals surface area (Å²) in [6.45, 7) is 0. The van der Waals surface area contributed by atoms with Crippen LogP contribution in [0.5, 0.6) is 0 Å². The van der Waals surface area contributed by atoms with Crippen LogP contribution in [0.3, 0.4) is 0 Å². The van der Waals surface area contributed by atoms with E-state index in [2.05, 4.69) is 240 Å². The summed E-state index contributed by atoms with van der Waals surface area (Å²) in [5.41, 5.74) is 14.5. The molecule has 1 aromatic heterocycles. The second-order valence-electron chi connectivity index (χ2n) is 15.3. The van der Waals surface area contributed by atoms with Crippen LogP contribution in [0.25, 0.3) is 66.1 Å². The Morgan fingerprint density at radius 1 is 0.397 bits per heavy atom. The molecule has 0 saturated heterocycles. The molecule has 2 aliphatic carbocycles. The highest BCUT2D eigenvalue weighted by Gasteiger charge is 2.25. The average molecular weight is 741 g/mol. The van der Waals surface area contributed by atoms with E-state index in [0.717, 1.165) is 11.4 Å². The minimum absolute atomic E-state index is 0.250. The van der Waals surface area contributed by atoms with Crippen LogP contribution >= 0.6 is 0 Å². The van der Waals surface area contributed by atoms with Gasteiger partial charge in [0.15, 0.2) is 0 Å². The van der Waals surface area contributed by atoms with Gasteiger partial charge in [-0.25, -0.2) is 0 Å². The lowest BCUT2D eigenvalue weighted by Crippen LogP contribution is -2.21. The van der Waals surface area contributed by atoms with Crippen molar-refractivity contribution in [3.8, 4) is 27.9 Å². The second-order valence-corrected chi connectivity index (χ2v) is 15.3. The van der Waals surface area contributed by atoms with Crippen LogP contribution in [0, 0.1) is 11.8 Å². The first kappa shape index (κ1) is 33.9. The first-order chi connectivity index (χ1) is 28.7. The maximum absolute atomic E-state index is 2.45. The smallest absolute Gasteiger partial charge is 0.0619 e.